The Morgan fingerprint density at radius 2 is 1.93 bits per heavy atom. The van der Waals surface area contributed by atoms with Crippen molar-refractivity contribution in [3.8, 4) is 16.3 Å². The van der Waals surface area contributed by atoms with Gasteiger partial charge in [-0.15, -0.1) is 11.3 Å². The van der Waals surface area contributed by atoms with Crippen LogP contribution in [0.1, 0.15) is 39.3 Å². The van der Waals surface area contributed by atoms with E-state index in [0.717, 1.165) is 34.9 Å². The number of likely N-dealkylation sites (tertiary alicyclic amines) is 1. The van der Waals surface area contributed by atoms with Crippen molar-refractivity contribution in [2.75, 3.05) is 19.7 Å². The summed E-state index contributed by atoms with van der Waals surface area (Å²) < 4.78 is 5.47. The molecule has 156 valence electrons. The van der Waals surface area contributed by atoms with Crippen LogP contribution in [0.4, 0.5) is 0 Å². The van der Waals surface area contributed by atoms with Gasteiger partial charge in [-0.1, -0.05) is 13.8 Å². The Kier molecular flexibility index (Phi) is 7.25. The van der Waals surface area contributed by atoms with Gasteiger partial charge in [0, 0.05) is 36.0 Å². The second-order valence-corrected chi connectivity index (χ2v) is 8.46. The lowest BCUT2D eigenvalue weighted by Gasteiger charge is -2.33. The molecular weight excluding hydrogens is 386 g/mol. The van der Waals surface area contributed by atoms with Crippen molar-refractivity contribution < 1.29 is 14.3 Å². The maximum absolute atomic E-state index is 12.4. The summed E-state index contributed by atoms with van der Waals surface area (Å²) in [5.74, 6) is 1.05. The highest BCUT2D eigenvalue weighted by molar-refractivity contribution is 7.13. The second-order valence-electron chi connectivity index (χ2n) is 7.60. The lowest BCUT2D eigenvalue weighted by Crippen LogP contribution is -2.47. The molecule has 1 aliphatic rings. The minimum atomic E-state index is -0.0119. The molecule has 0 aliphatic carbocycles. The molecule has 0 unspecified atom stereocenters. The number of nitrogens with zero attached hydrogens (tertiary/aromatic N) is 2. The number of hydrogen-bond acceptors (Lipinski definition) is 5. The number of carbonyl (C=O) groups is 2. The lowest BCUT2D eigenvalue weighted by atomic mass is 10.0. The normalized spacial score (nSPS) is 14.8. The maximum atomic E-state index is 12.4. The van der Waals surface area contributed by atoms with Crippen molar-refractivity contribution in [3.63, 3.8) is 0 Å². The van der Waals surface area contributed by atoms with Gasteiger partial charge in [0.15, 0.2) is 0 Å². The van der Waals surface area contributed by atoms with Gasteiger partial charge in [-0.2, -0.15) is 0 Å². The highest BCUT2D eigenvalue weighted by atomic mass is 32.1. The molecule has 2 aromatic rings. The Morgan fingerprint density at radius 3 is 2.55 bits per heavy atom. The quantitative estimate of drug-likeness (QED) is 0.751. The molecule has 7 heteroatoms. The van der Waals surface area contributed by atoms with Crippen LogP contribution in [0, 0.1) is 5.92 Å². The van der Waals surface area contributed by atoms with Crippen LogP contribution in [0.15, 0.2) is 29.6 Å². The van der Waals surface area contributed by atoms with Crippen molar-refractivity contribution in [1.29, 1.82) is 0 Å². The first-order chi connectivity index (χ1) is 14.0. The average molecular weight is 416 g/mol. The van der Waals surface area contributed by atoms with Crippen LogP contribution >= 0.6 is 11.3 Å². The molecule has 1 aromatic carbocycles. The number of piperidine rings is 1. The van der Waals surface area contributed by atoms with Crippen LogP contribution in [0.5, 0.6) is 5.75 Å². The zero-order chi connectivity index (χ0) is 20.8. The van der Waals surface area contributed by atoms with Crippen molar-refractivity contribution >= 4 is 23.2 Å². The fraction of sp³-hybridized carbons (Fsp3) is 0.500. The van der Waals surface area contributed by atoms with E-state index in [1.807, 2.05) is 55.3 Å². The molecule has 1 aromatic heterocycles. The Balaban J connectivity index is 1.49. The number of ether oxygens (including phenoxy) is 1. The van der Waals surface area contributed by atoms with Gasteiger partial charge in [-0.05, 0) is 44.0 Å². The molecule has 0 atom stereocenters. The summed E-state index contributed by atoms with van der Waals surface area (Å²) >= 11 is 1.54. The molecule has 1 fully saturated rings. The van der Waals surface area contributed by atoms with Gasteiger partial charge >= 0.3 is 0 Å². The first-order valence-corrected chi connectivity index (χ1v) is 11.1. The van der Waals surface area contributed by atoms with Crippen molar-refractivity contribution in [2.45, 2.75) is 46.1 Å². The van der Waals surface area contributed by atoms with E-state index in [0.29, 0.717) is 19.7 Å². The van der Waals surface area contributed by atoms with E-state index in [9.17, 15) is 9.59 Å². The summed E-state index contributed by atoms with van der Waals surface area (Å²) in [5.41, 5.74) is 1.80. The molecule has 1 aliphatic heterocycles. The maximum Gasteiger partial charge on any atom is 0.226 e. The van der Waals surface area contributed by atoms with Crippen LogP contribution in [0.25, 0.3) is 10.6 Å². The number of benzene rings is 1. The van der Waals surface area contributed by atoms with Crippen molar-refractivity contribution in [3.05, 3.63) is 35.3 Å². The molecule has 29 heavy (non-hydrogen) atoms. The molecule has 3 rings (SSSR count). The fourth-order valence-electron chi connectivity index (χ4n) is 3.43. The Morgan fingerprint density at radius 1 is 1.24 bits per heavy atom. The van der Waals surface area contributed by atoms with Gasteiger partial charge in [0.1, 0.15) is 10.8 Å². The fourth-order valence-corrected chi connectivity index (χ4v) is 4.26. The highest BCUT2D eigenvalue weighted by Gasteiger charge is 2.25. The average Bonchev–Trinajstić information content (AvgIpc) is 3.17. The molecule has 1 N–H and O–H groups in total. The van der Waals surface area contributed by atoms with Crippen LogP contribution in [-0.2, 0) is 16.0 Å². The van der Waals surface area contributed by atoms with Gasteiger partial charge < -0.3 is 15.0 Å². The van der Waals surface area contributed by atoms with Gasteiger partial charge in [-0.25, -0.2) is 4.98 Å². The molecule has 0 bridgehead atoms. The summed E-state index contributed by atoms with van der Waals surface area (Å²) in [4.78, 5) is 31.0. The van der Waals surface area contributed by atoms with Crippen LogP contribution in [0.2, 0.25) is 0 Å². The Labute approximate surface area is 176 Å². The molecule has 2 amide bonds. The van der Waals surface area contributed by atoms with Crippen LogP contribution < -0.4 is 10.1 Å². The number of hydrogen-bond donors (Lipinski definition) is 1. The van der Waals surface area contributed by atoms with E-state index < -0.39 is 0 Å². The Hall–Kier alpha value is -2.41. The SMILES string of the molecule is CCOc1ccc(-c2nc(CC(=O)NC3CCN(C(=O)C(C)C)CC3)cs2)cc1. The molecule has 0 radical (unpaired) electrons. The third-order valence-electron chi connectivity index (χ3n) is 4.97. The topological polar surface area (TPSA) is 71.5 Å². The van der Waals surface area contributed by atoms with E-state index in [-0.39, 0.29) is 30.2 Å². The van der Waals surface area contributed by atoms with Gasteiger partial charge in [-0.3, -0.25) is 9.59 Å². The molecule has 1 saturated heterocycles. The minimum absolute atomic E-state index is 0.0119. The summed E-state index contributed by atoms with van der Waals surface area (Å²) in [7, 11) is 0. The van der Waals surface area contributed by atoms with Crippen LogP contribution in [-0.4, -0.2) is 47.4 Å². The monoisotopic (exact) mass is 415 g/mol. The summed E-state index contributed by atoms with van der Waals surface area (Å²) in [6, 6.07) is 7.97. The summed E-state index contributed by atoms with van der Waals surface area (Å²) in [5, 5.41) is 5.94. The standard InChI is InChI=1S/C22H29N3O3S/c1-4-28-19-7-5-16(6-8-19)21-24-18(14-29-21)13-20(26)23-17-9-11-25(12-10-17)22(27)15(2)3/h5-8,14-15,17H,4,9-13H2,1-3H3,(H,23,26). The number of carbonyl (C=O) groups excluding carboxylic acids is 2. The molecule has 0 saturated carbocycles. The summed E-state index contributed by atoms with van der Waals surface area (Å²) in [6.07, 6.45) is 1.88. The largest absolute Gasteiger partial charge is 0.494 e. The minimum Gasteiger partial charge on any atom is -0.494 e. The third kappa shape index (κ3) is 5.79. The number of thiazole rings is 1. The van der Waals surface area contributed by atoms with Crippen LogP contribution in [0.3, 0.4) is 0 Å². The predicted molar refractivity (Wildman–Crippen MR) is 115 cm³/mol. The van der Waals surface area contributed by atoms with Gasteiger partial charge in [0.2, 0.25) is 11.8 Å². The van der Waals surface area contributed by atoms with Crippen molar-refractivity contribution in [2.24, 2.45) is 5.92 Å². The van der Waals surface area contributed by atoms with Crippen molar-refractivity contribution in [1.82, 2.24) is 15.2 Å². The zero-order valence-electron chi connectivity index (χ0n) is 17.3. The van der Waals surface area contributed by atoms with E-state index in [4.69, 9.17) is 4.74 Å². The van der Waals surface area contributed by atoms with E-state index in [1.54, 1.807) is 0 Å². The number of rotatable bonds is 7. The molecular formula is C22H29N3O3S. The van der Waals surface area contributed by atoms with Gasteiger partial charge in [0.05, 0.1) is 18.7 Å². The second kappa shape index (κ2) is 9.87. The first-order valence-electron chi connectivity index (χ1n) is 10.2. The lowest BCUT2D eigenvalue weighted by molar-refractivity contribution is -0.135. The number of nitrogens with one attached hydrogen (secondary N) is 1. The first kappa shape index (κ1) is 21.3. The predicted octanol–water partition coefficient (Wildman–Crippen LogP) is 3.51. The number of amides is 2. The third-order valence-corrected chi connectivity index (χ3v) is 5.91. The number of aromatic nitrogens is 1. The molecule has 0 spiro atoms. The Bertz CT molecular complexity index is 824. The molecule has 2 heterocycles. The van der Waals surface area contributed by atoms with E-state index in [1.165, 1.54) is 11.3 Å². The summed E-state index contributed by atoms with van der Waals surface area (Å²) in [6.45, 7) is 7.86. The van der Waals surface area contributed by atoms with E-state index in [2.05, 4.69) is 10.3 Å². The zero-order valence-corrected chi connectivity index (χ0v) is 18.1. The highest BCUT2D eigenvalue weighted by Crippen LogP contribution is 2.26. The van der Waals surface area contributed by atoms with E-state index >= 15 is 0 Å². The van der Waals surface area contributed by atoms with Gasteiger partial charge in [0.25, 0.3) is 0 Å². The smallest absolute Gasteiger partial charge is 0.226 e. The molecule has 6 nitrogen and oxygen atoms in total.